The van der Waals surface area contributed by atoms with Crippen molar-refractivity contribution in [3.05, 3.63) is 63.6 Å². The van der Waals surface area contributed by atoms with Crippen LogP contribution in [0.2, 0.25) is 10.0 Å². The van der Waals surface area contributed by atoms with Gasteiger partial charge in [0.25, 0.3) is 0 Å². The summed E-state index contributed by atoms with van der Waals surface area (Å²) in [6, 6.07) is 6.79. The summed E-state index contributed by atoms with van der Waals surface area (Å²) in [6.07, 6.45) is 2.59. The Kier molecular flexibility index (Phi) is 11.6. The number of hydrogen-bond donors (Lipinski definition) is 1. The Morgan fingerprint density at radius 1 is 1.05 bits per heavy atom. The first-order valence-electron chi connectivity index (χ1n) is 11.8. The van der Waals surface area contributed by atoms with E-state index < -0.39 is 33.6 Å². The highest BCUT2D eigenvalue weighted by Gasteiger charge is 2.27. The van der Waals surface area contributed by atoms with Gasteiger partial charge in [-0.25, -0.2) is 17.2 Å². The zero-order chi connectivity index (χ0) is 27.8. The van der Waals surface area contributed by atoms with Gasteiger partial charge in [0.15, 0.2) is 11.6 Å². The molecule has 0 spiro atoms. The van der Waals surface area contributed by atoms with E-state index in [4.69, 9.17) is 23.2 Å². The predicted octanol–water partition coefficient (Wildman–Crippen LogP) is 5.15. The van der Waals surface area contributed by atoms with Crippen LogP contribution in [-0.4, -0.2) is 50.5 Å². The van der Waals surface area contributed by atoms with E-state index >= 15 is 0 Å². The third-order valence-electron chi connectivity index (χ3n) is 5.70. The summed E-state index contributed by atoms with van der Waals surface area (Å²) in [5.74, 6) is -3.01. The van der Waals surface area contributed by atoms with E-state index in [-0.39, 0.29) is 37.5 Å². The Hall–Kier alpha value is -2.43. The first-order chi connectivity index (χ1) is 17.3. The third-order valence-corrected chi connectivity index (χ3v) is 7.48. The van der Waals surface area contributed by atoms with Crippen LogP contribution in [0.25, 0.3) is 0 Å². The number of hydrogen-bond acceptors (Lipinski definition) is 4. The number of sulfonamides is 1. The second-order valence-electron chi connectivity index (χ2n) is 8.62. The van der Waals surface area contributed by atoms with Crippen molar-refractivity contribution in [2.75, 3.05) is 23.7 Å². The molecule has 2 aromatic rings. The van der Waals surface area contributed by atoms with Crippen molar-refractivity contribution in [1.29, 1.82) is 0 Å². The molecule has 0 unspecified atom stereocenters. The molecular weight excluding hydrogens is 547 g/mol. The Bertz CT molecular complexity index is 1210. The molecule has 0 aliphatic carbocycles. The molecule has 0 bridgehead atoms. The van der Waals surface area contributed by atoms with Gasteiger partial charge in [-0.3, -0.25) is 13.9 Å². The number of amides is 2. The van der Waals surface area contributed by atoms with Crippen molar-refractivity contribution in [2.24, 2.45) is 0 Å². The summed E-state index contributed by atoms with van der Waals surface area (Å²) in [5, 5.41) is 3.58. The van der Waals surface area contributed by atoms with Crippen molar-refractivity contribution in [2.45, 2.75) is 52.1 Å². The molecule has 2 aromatic carbocycles. The zero-order valence-corrected chi connectivity index (χ0v) is 23.3. The fourth-order valence-electron chi connectivity index (χ4n) is 3.60. The number of benzene rings is 2. The first kappa shape index (κ1) is 30.8. The second-order valence-corrected chi connectivity index (χ2v) is 11.4. The number of unbranched alkanes of at least 4 members (excludes halogenated alkanes) is 1. The van der Waals surface area contributed by atoms with E-state index in [1.54, 1.807) is 25.1 Å². The number of rotatable bonds is 13. The number of nitrogens with one attached hydrogen (secondary N) is 1. The number of nitrogens with zero attached hydrogens (tertiary/aromatic N) is 2. The quantitative estimate of drug-likeness (QED) is 0.333. The maximum Gasteiger partial charge on any atom is 0.242 e. The van der Waals surface area contributed by atoms with Gasteiger partial charge in [0.2, 0.25) is 21.8 Å². The fraction of sp³-hybridized carbons (Fsp3) is 0.440. The Morgan fingerprint density at radius 2 is 1.76 bits per heavy atom. The van der Waals surface area contributed by atoms with Crippen LogP contribution in [0.1, 0.15) is 45.1 Å². The highest BCUT2D eigenvalue weighted by Crippen LogP contribution is 2.24. The van der Waals surface area contributed by atoms with Gasteiger partial charge in [0, 0.05) is 42.2 Å². The number of carbonyl (C=O) groups is 2. The minimum absolute atomic E-state index is 0.0379. The van der Waals surface area contributed by atoms with Gasteiger partial charge in [-0.05, 0) is 49.6 Å². The van der Waals surface area contributed by atoms with Gasteiger partial charge < -0.3 is 10.2 Å². The molecule has 0 fully saturated rings. The summed E-state index contributed by atoms with van der Waals surface area (Å²) in [5.41, 5.74) is 0.537. The van der Waals surface area contributed by atoms with Crippen LogP contribution in [-0.2, 0) is 26.2 Å². The molecule has 7 nitrogen and oxygen atoms in total. The van der Waals surface area contributed by atoms with Gasteiger partial charge in [0.1, 0.15) is 6.04 Å². The lowest BCUT2D eigenvalue weighted by Crippen LogP contribution is -2.48. The van der Waals surface area contributed by atoms with E-state index in [1.807, 2.05) is 6.92 Å². The molecule has 37 heavy (non-hydrogen) atoms. The highest BCUT2D eigenvalue weighted by atomic mass is 35.5. The van der Waals surface area contributed by atoms with Crippen molar-refractivity contribution in [1.82, 2.24) is 10.2 Å². The smallest absolute Gasteiger partial charge is 0.242 e. The fourth-order valence-corrected chi connectivity index (χ4v) is 5.02. The van der Waals surface area contributed by atoms with Crippen LogP contribution in [0, 0.1) is 11.6 Å². The standard InChI is InChI=1S/C25H31Cl2F2N3O4S/c1-4-5-12-30-25(34)17(2)31(16-18-8-9-19(26)14-21(18)27)24(33)7-6-13-32(37(3,35)36)20-10-11-22(28)23(29)15-20/h8-11,14-15,17H,4-7,12-13,16H2,1-3H3,(H,30,34)/t17-/m0/s1. The van der Waals surface area contributed by atoms with Crippen molar-refractivity contribution < 1.29 is 26.8 Å². The third kappa shape index (κ3) is 9.12. The van der Waals surface area contributed by atoms with Crippen LogP contribution in [0.4, 0.5) is 14.5 Å². The maximum absolute atomic E-state index is 13.7. The molecule has 0 aliphatic rings. The SMILES string of the molecule is CCCCNC(=O)[C@H](C)N(Cc1ccc(Cl)cc1Cl)C(=O)CCCN(c1ccc(F)c(F)c1)S(C)(=O)=O. The molecule has 1 N–H and O–H groups in total. The van der Waals surface area contributed by atoms with Crippen LogP contribution in [0.15, 0.2) is 36.4 Å². The van der Waals surface area contributed by atoms with E-state index in [0.29, 0.717) is 22.2 Å². The van der Waals surface area contributed by atoms with Gasteiger partial charge in [-0.2, -0.15) is 0 Å². The first-order valence-corrected chi connectivity index (χ1v) is 14.4. The minimum Gasteiger partial charge on any atom is -0.354 e. The van der Waals surface area contributed by atoms with Crippen LogP contribution in [0.5, 0.6) is 0 Å². The molecule has 1 atom stereocenters. The number of carbonyl (C=O) groups excluding carboxylic acids is 2. The lowest BCUT2D eigenvalue weighted by atomic mass is 10.1. The molecule has 12 heteroatoms. The zero-order valence-electron chi connectivity index (χ0n) is 20.9. The molecular formula is C25H31Cl2F2N3O4S. The average molecular weight is 579 g/mol. The monoisotopic (exact) mass is 577 g/mol. The van der Waals surface area contributed by atoms with Gasteiger partial charge >= 0.3 is 0 Å². The number of anilines is 1. The predicted molar refractivity (Wildman–Crippen MR) is 142 cm³/mol. The topological polar surface area (TPSA) is 86.8 Å². The van der Waals surface area contributed by atoms with Gasteiger partial charge in [-0.1, -0.05) is 42.6 Å². The van der Waals surface area contributed by atoms with E-state index in [2.05, 4.69) is 5.32 Å². The van der Waals surface area contributed by atoms with E-state index in [9.17, 15) is 26.8 Å². The van der Waals surface area contributed by atoms with Crippen LogP contribution < -0.4 is 9.62 Å². The Morgan fingerprint density at radius 3 is 2.35 bits per heavy atom. The highest BCUT2D eigenvalue weighted by molar-refractivity contribution is 7.92. The largest absolute Gasteiger partial charge is 0.354 e. The second kappa shape index (κ2) is 13.9. The molecule has 0 aromatic heterocycles. The number of halogens is 4. The molecule has 0 saturated heterocycles. The van der Waals surface area contributed by atoms with Crippen LogP contribution >= 0.6 is 23.2 Å². The van der Waals surface area contributed by atoms with E-state index in [1.165, 1.54) is 4.90 Å². The van der Waals surface area contributed by atoms with Crippen molar-refractivity contribution in [3.8, 4) is 0 Å². The normalized spacial score (nSPS) is 12.2. The lowest BCUT2D eigenvalue weighted by molar-refractivity contribution is -0.140. The summed E-state index contributed by atoms with van der Waals surface area (Å²) >= 11 is 12.3. The molecule has 204 valence electrons. The summed E-state index contributed by atoms with van der Waals surface area (Å²) in [4.78, 5) is 27.4. The summed E-state index contributed by atoms with van der Waals surface area (Å²) in [7, 11) is -3.84. The molecule has 2 rings (SSSR count). The average Bonchev–Trinajstić information content (AvgIpc) is 2.82. The molecule has 0 heterocycles. The molecule has 0 aliphatic heterocycles. The Labute approximate surface area is 226 Å². The molecule has 2 amide bonds. The van der Waals surface area contributed by atoms with Gasteiger partial charge in [0.05, 0.1) is 11.9 Å². The maximum atomic E-state index is 13.7. The molecule has 0 radical (unpaired) electrons. The van der Waals surface area contributed by atoms with E-state index in [0.717, 1.165) is 41.6 Å². The lowest BCUT2D eigenvalue weighted by Gasteiger charge is -2.30. The van der Waals surface area contributed by atoms with Crippen molar-refractivity contribution >= 4 is 50.7 Å². The summed E-state index contributed by atoms with van der Waals surface area (Å²) in [6.45, 7) is 3.96. The Balaban J connectivity index is 2.20. The van der Waals surface area contributed by atoms with Gasteiger partial charge in [-0.15, -0.1) is 0 Å². The summed E-state index contributed by atoms with van der Waals surface area (Å²) < 4.78 is 52.6. The van der Waals surface area contributed by atoms with Crippen LogP contribution in [0.3, 0.4) is 0 Å². The minimum atomic E-state index is -3.84. The molecule has 0 saturated carbocycles. The van der Waals surface area contributed by atoms with Crippen molar-refractivity contribution in [3.63, 3.8) is 0 Å².